The molecule has 8 nitrogen and oxygen atoms in total. The van der Waals surface area contributed by atoms with E-state index >= 15 is 0 Å². The average Bonchev–Trinajstić information content (AvgIpc) is 2.82. The highest BCUT2D eigenvalue weighted by molar-refractivity contribution is 5.84. The molecule has 2 N–H and O–H groups in total. The highest BCUT2D eigenvalue weighted by Gasteiger charge is 2.28. The summed E-state index contributed by atoms with van der Waals surface area (Å²) in [6.07, 6.45) is -0.432. The van der Waals surface area contributed by atoms with Crippen LogP contribution in [-0.2, 0) is 9.59 Å². The molecular formula is C24H28N2O6. The number of carbonyl (C=O) groups is 2. The highest BCUT2D eigenvalue weighted by atomic mass is 16.6. The molecule has 0 aliphatic carbocycles. The van der Waals surface area contributed by atoms with E-state index in [4.69, 9.17) is 18.9 Å². The van der Waals surface area contributed by atoms with Crippen LogP contribution in [0, 0.1) is 0 Å². The first-order valence-corrected chi connectivity index (χ1v) is 10.9. The highest BCUT2D eigenvalue weighted by Crippen LogP contribution is 2.32. The summed E-state index contributed by atoms with van der Waals surface area (Å²) < 4.78 is 23.2. The lowest BCUT2D eigenvalue weighted by molar-refractivity contribution is -0.128. The second-order valence-electron chi connectivity index (χ2n) is 8.04. The van der Waals surface area contributed by atoms with Gasteiger partial charge in [0, 0.05) is 12.8 Å². The lowest BCUT2D eigenvalue weighted by atomic mass is 10.1. The lowest BCUT2D eigenvalue weighted by Gasteiger charge is -2.31. The van der Waals surface area contributed by atoms with Crippen molar-refractivity contribution < 1.29 is 28.5 Å². The third-order valence-corrected chi connectivity index (χ3v) is 5.53. The van der Waals surface area contributed by atoms with Crippen molar-refractivity contribution in [1.82, 2.24) is 10.6 Å². The number of fused-ring (bicyclic) bond motifs is 2. The number of benzene rings is 2. The van der Waals surface area contributed by atoms with Gasteiger partial charge in [-0.25, -0.2) is 0 Å². The molecule has 2 aliphatic rings. The van der Waals surface area contributed by atoms with Crippen LogP contribution >= 0.6 is 0 Å². The summed E-state index contributed by atoms with van der Waals surface area (Å²) >= 11 is 0. The second-order valence-corrected chi connectivity index (χ2v) is 8.04. The SMILES string of the molecule is C[C@H](NC(=O)CCC(=O)N[C@H](C)[C@H]1COc2ccccc2O1)[C@@H]1COc2ccccc2O1. The third kappa shape index (κ3) is 5.25. The van der Waals surface area contributed by atoms with E-state index in [1.165, 1.54) is 0 Å². The Hall–Kier alpha value is -3.42. The number of amides is 2. The van der Waals surface area contributed by atoms with Crippen LogP contribution in [0.3, 0.4) is 0 Å². The van der Waals surface area contributed by atoms with Crippen molar-refractivity contribution in [3.8, 4) is 23.0 Å². The summed E-state index contributed by atoms with van der Waals surface area (Å²) in [7, 11) is 0. The van der Waals surface area contributed by atoms with E-state index in [0.29, 0.717) is 36.2 Å². The molecule has 0 saturated heterocycles. The van der Waals surface area contributed by atoms with Crippen LogP contribution in [0.25, 0.3) is 0 Å². The maximum Gasteiger partial charge on any atom is 0.220 e. The van der Waals surface area contributed by atoms with Crippen LogP contribution in [0.5, 0.6) is 23.0 Å². The Bertz CT molecular complexity index is 888. The van der Waals surface area contributed by atoms with Crippen LogP contribution in [0.1, 0.15) is 26.7 Å². The van der Waals surface area contributed by atoms with Crippen LogP contribution in [0.15, 0.2) is 48.5 Å². The largest absolute Gasteiger partial charge is 0.486 e. The second kappa shape index (κ2) is 9.80. The number of hydrogen-bond acceptors (Lipinski definition) is 6. The number of hydrogen-bond donors (Lipinski definition) is 2. The minimum absolute atomic E-state index is 0.0813. The van der Waals surface area contributed by atoms with Gasteiger partial charge >= 0.3 is 0 Å². The van der Waals surface area contributed by atoms with Gasteiger partial charge in [0.05, 0.1) is 12.1 Å². The van der Waals surface area contributed by atoms with Gasteiger partial charge in [0.2, 0.25) is 11.8 Å². The lowest BCUT2D eigenvalue weighted by Crippen LogP contribution is -2.49. The minimum atomic E-state index is -0.297. The predicted octanol–water partition coefficient (Wildman–Crippen LogP) is 2.46. The number of rotatable bonds is 7. The Morgan fingerprint density at radius 3 is 1.53 bits per heavy atom. The molecule has 2 amide bonds. The molecule has 170 valence electrons. The van der Waals surface area contributed by atoms with Gasteiger partial charge in [-0.05, 0) is 38.1 Å². The molecule has 2 aromatic rings. The molecule has 2 aromatic carbocycles. The average molecular weight is 440 g/mol. The monoisotopic (exact) mass is 440 g/mol. The number of carbonyl (C=O) groups excluding carboxylic acids is 2. The summed E-state index contributed by atoms with van der Waals surface area (Å²) in [4.78, 5) is 24.7. The maximum absolute atomic E-state index is 12.3. The summed E-state index contributed by atoms with van der Waals surface area (Å²) in [6, 6.07) is 14.3. The van der Waals surface area contributed by atoms with Crippen molar-refractivity contribution in [1.29, 1.82) is 0 Å². The van der Waals surface area contributed by atoms with E-state index < -0.39 is 0 Å². The van der Waals surface area contributed by atoms with Crippen molar-refractivity contribution in [2.75, 3.05) is 13.2 Å². The van der Waals surface area contributed by atoms with E-state index in [1.807, 2.05) is 62.4 Å². The fourth-order valence-corrected chi connectivity index (χ4v) is 3.63. The molecule has 0 bridgehead atoms. The van der Waals surface area contributed by atoms with Crippen LogP contribution in [0.4, 0.5) is 0 Å². The molecular weight excluding hydrogens is 412 g/mol. The summed E-state index contributed by atoms with van der Waals surface area (Å²) in [5.74, 6) is 2.29. The fraction of sp³-hybridized carbons (Fsp3) is 0.417. The van der Waals surface area contributed by atoms with Crippen molar-refractivity contribution in [2.45, 2.75) is 51.0 Å². The van der Waals surface area contributed by atoms with Crippen molar-refractivity contribution >= 4 is 11.8 Å². The molecule has 0 unspecified atom stereocenters. The van der Waals surface area contributed by atoms with Gasteiger partial charge in [0.15, 0.2) is 35.2 Å². The third-order valence-electron chi connectivity index (χ3n) is 5.53. The molecule has 8 heteroatoms. The topological polar surface area (TPSA) is 95.1 Å². The number of para-hydroxylation sites is 4. The Kier molecular flexibility index (Phi) is 6.68. The van der Waals surface area contributed by atoms with E-state index in [9.17, 15) is 9.59 Å². The van der Waals surface area contributed by atoms with Gasteiger partial charge in [0.25, 0.3) is 0 Å². The van der Waals surface area contributed by atoms with E-state index in [2.05, 4.69) is 10.6 Å². The molecule has 0 spiro atoms. The van der Waals surface area contributed by atoms with E-state index in [1.54, 1.807) is 0 Å². The fourth-order valence-electron chi connectivity index (χ4n) is 3.63. The zero-order chi connectivity index (χ0) is 22.5. The van der Waals surface area contributed by atoms with Crippen molar-refractivity contribution in [3.63, 3.8) is 0 Å². The molecule has 2 aliphatic heterocycles. The first-order chi connectivity index (χ1) is 15.5. The quantitative estimate of drug-likeness (QED) is 0.687. The summed E-state index contributed by atoms with van der Waals surface area (Å²) in [6.45, 7) is 4.42. The number of ether oxygens (including phenoxy) is 4. The Balaban J connectivity index is 1.18. The zero-order valence-corrected chi connectivity index (χ0v) is 18.2. The molecule has 0 fully saturated rings. The normalized spacial score (nSPS) is 20.6. The first kappa shape index (κ1) is 21.8. The molecule has 4 atom stereocenters. The predicted molar refractivity (Wildman–Crippen MR) is 117 cm³/mol. The molecule has 4 rings (SSSR count). The van der Waals surface area contributed by atoms with Crippen molar-refractivity contribution in [2.24, 2.45) is 0 Å². The van der Waals surface area contributed by atoms with E-state index in [0.717, 1.165) is 0 Å². The van der Waals surface area contributed by atoms with Crippen LogP contribution in [0.2, 0.25) is 0 Å². The zero-order valence-electron chi connectivity index (χ0n) is 18.2. The Morgan fingerprint density at radius 1 is 0.750 bits per heavy atom. The maximum atomic E-state index is 12.3. The smallest absolute Gasteiger partial charge is 0.220 e. The standard InChI is InChI=1S/C24H28N2O6/c1-15(21-13-29-17-7-3-5-9-19(17)31-21)25-23(27)11-12-24(28)26-16(2)22-14-30-18-8-4-6-10-20(18)32-22/h3-10,15-16,21-22H,11-14H2,1-2H3,(H,25,27)(H,26,28)/t15-,16+,21-,22+. The van der Waals surface area contributed by atoms with Gasteiger partial charge in [-0.1, -0.05) is 24.3 Å². The van der Waals surface area contributed by atoms with Gasteiger partial charge in [-0.2, -0.15) is 0 Å². The van der Waals surface area contributed by atoms with Crippen LogP contribution < -0.4 is 29.6 Å². The molecule has 2 heterocycles. The van der Waals surface area contributed by atoms with Crippen LogP contribution in [-0.4, -0.2) is 49.3 Å². The molecule has 0 radical (unpaired) electrons. The minimum Gasteiger partial charge on any atom is -0.486 e. The van der Waals surface area contributed by atoms with E-state index in [-0.39, 0.29) is 48.9 Å². The Morgan fingerprint density at radius 2 is 1.12 bits per heavy atom. The summed E-state index contributed by atoms with van der Waals surface area (Å²) in [5.41, 5.74) is 0. The summed E-state index contributed by atoms with van der Waals surface area (Å²) in [5, 5.41) is 5.79. The van der Waals surface area contributed by atoms with Gasteiger partial charge < -0.3 is 29.6 Å². The van der Waals surface area contributed by atoms with Gasteiger partial charge in [-0.3, -0.25) is 9.59 Å². The first-order valence-electron chi connectivity index (χ1n) is 10.9. The van der Waals surface area contributed by atoms with Gasteiger partial charge in [-0.15, -0.1) is 0 Å². The number of nitrogens with one attached hydrogen (secondary N) is 2. The van der Waals surface area contributed by atoms with Crippen molar-refractivity contribution in [3.05, 3.63) is 48.5 Å². The molecule has 0 aromatic heterocycles. The molecule has 0 saturated carbocycles. The molecule has 32 heavy (non-hydrogen) atoms. The Labute approximate surface area is 187 Å². The van der Waals surface area contributed by atoms with Gasteiger partial charge in [0.1, 0.15) is 13.2 Å².